The highest BCUT2D eigenvalue weighted by molar-refractivity contribution is 7.14. The summed E-state index contributed by atoms with van der Waals surface area (Å²) in [6, 6.07) is 16.0. The maximum absolute atomic E-state index is 13.7. The number of hydrogen-bond donors (Lipinski definition) is 0. The van der Waals surface area contributed by atoms with Crippen molar-refractivity contribution in [3.8, 4) is 20.9 Å². The van der Waals surface area contributed by atoms with E-state index < -0.39 is 0 Å². The van der Waals surface area contributed by atoms with E-state index in [1.54, 1.807) is 22.7 Å². The molecule has 38 heavy (non-hydrogen) atoms. The molecule has 0 saturated carbocycles. The van der Waals surface area contributed by atoms with Crippen molar-refractivity contribution in [3.63, 3.8) is 0 Å². The van der Waals surface area contributed by atoms with Crippen LogP contribution in [0.25, 0.3) is 20.9 Å². The van der Waals surface area contributed by atoms with Crippen LogP contribution in [0, 0.1) is 0 Å². The van der Waals surface area contributed by atoms with Gasteiger partial charge in [-0.15, -0.1) is 22.7 Å². The molecule has 0 atom stereocenters. The Kier molecular flexibility index (Phi) is 8.71. The average molecular weight is 541 g/mol. The topological polar surface area (TPSA) is 34.1 Å². The van der Waals surface area contributed by atoms with E-state index in [1.807, 2.05) is 36.4 Å². The molecular weight excluding hydrogens is 505 g/mol. The lowest BCUT2D eigenvalue weighted by molar-refractivity contribution is 0.0979. The minimum Gasteiger partial charge on any atom is -0.289 e. The number of aryl methyl sites for hydroxylation is 2. The first-order chi connectivity index (χ1) is 18.6. The van der Waals surface area contributed by atoms with Crippen LogP contribution < -0.4 is 0 Å². The highest BCUT2D eigenvalue weighted by atomic mass is 32.1. The van der Waals surface area contributed by atoms with E-state index in [9.17, 15) is 9.59 Å². The predicted molar refractivity (Wildman–Crippen MR) is 162 cm³/mol. The number of benzene rings is 2. The fourth-order valence-electron chi connectivity index (χ4n) is 5.28. The van der Waals surface area contributed by atoms with Gasteiger partial charge in [0.25, 0.3) is 0 Å². The van der Waals surface area contributed by atoms with E-state index in [1.165, 1.54) is 62.5 Å². The molecule has 0 N–H and O–H groups in total. The van der Waals surface area contributed by atoms with Crippen LogP contribution in [0.15, 0.2) is 59.3 Å². The lowest BCUT2D eigenvalue weighted by atomic mass is 9.82. The summed E-state index contributed by atoms with van der Waals surface area (Å²) in [5, 5.41) is 4.46. The zero-order valence-electron chi connectivity index (χ0n) is 22.5. The van der Waals surface area contributed by atoms with Gasteiger partial charge in [0.1, 0.15) is 0 Å². The Labute approximate surface area is 234 Å². The Balaban J connectivity index is 1.36. The van der Waals surface area contributed by atoms with Gasteiger partial charge in [-0.05, 0) is 95.1 Å². The summed E-state index contributed by atoms with van der Waals surface area (Å²) in [5.74, 6) is -0.107. The van der Waals surface area contributed by atoms with Gasteiger partial charge < -0.3 is 0 Å². The van der Waals surface area contributed by atoms with Gasteiger partial charge in [0.2, 0.25) is 0 Å². The lowest BCUT2D eigenvalue weighted by Gasteiger charge is -2.19. The van der Waals surface area contributed by atoms with Crippen LogP contribution in [0.4, 0.5) is 0 Å². The molecule has 4 aromatic rings. The highest BCUT2D eigenvalue weighted by Crippen LogP contribution is 2.36. The number of unbranched alkanes of at least 4 members (excludes halogenated alkanes) is 6. The van der Waals surface area contributed by atoms with Crippen molar-refractivity contribution < 1.29 is 9.59 Å². The summed E-state index contributed by atoms with van der Waals surface area (Å²) >= 11 is 3.44. The second-order valence-corrected chi connectivity index (χ2v) is 12.3. The predicted octanol–water partition coefficient (Wildman–Crippen LogP) is 10.2. The molecule has 2 aromatic heterocycles. The zero-order chi connectivity index (χ0) is 26.5. The number of hydrogen-bond acceptors (Lipinski definition) is 4. The van der Waals surface area contributed by atoms with Crippen molar-refractivity contribution in [1.29, 1.82) is 0 Å². The van der Waals surface area contributed by atoms with Crippen LogP contribution in [0.5, 0.6) is 0 Å². The van der Waals surface area contributed by atoms with Gasteiger partial charge in [-0.25, -0.2) is 0 Å². The molecular formula is C34H36O2S2. The van der Waals surface area contributed by atoms with E-state index in [-0.39, 0.29) is 11.6 Å². The van der Waals surface area contributed by atoms with Crippen LogP contribution >= 0.6 is 22.7 Å². The number of ketones is 2. The van der Waals surface area contributed by atoms with Gasteiger partial charge in [-0.3, -0.25) is 9.59 Å². The van der Waals surface area contributed by atoms with Crippen molar-refractivity contribution in [2.75, 3.05) is 0 Å². The lowest BCUT2D eigenvalue weighted by Crippen LogP contribution is -2.20. The van der Waals surface area contributed by atoms with E-state index in [2.05, 4.69) is 36.7 Å². The first-order valence-corrected chi connectivity index (χ1v) is 15.9. The summed E-state index contributed by atoms with van der Waals surface area (Å²) in [5.41, 5.74) is 6.83. The summed E-state index contributed by atoms with van der Waals surface area (Å²) in [7, 11) is 0. The molecule has 0 amide bonds. The summed E-state index contributed by atoms with van der Waals surface area (Å²) < 4.78 is 0. The van der Waals surface area contributed by atoms with Crippen LogP contribution in [0.3, 0.4) is 0 Å². The van der Waals surface area contributed by atoms with Gasteiger partial charge in [0.05, 0.1) is 0 Å². The molecule has 0 radical (unpaired) electrons. The van der Waals surface area contributed by atoms with Crippen molar-refractivity contribution in [2.45, 2.75) is 78.1 Å². The normalized spacial score (nSPS) is 12.6. The fraction of sp³-hybridized carbons (Fsp3) is 0.353. The Morgan fingerprint density at radius 1 is 0.526 bits per heavy atom. The van der Waals surface area contributed by atoms with E-state index >= 15 is 0 Å². The summed E-state index contributed by atoms with van der Waals surface area (Å²) in [6.07, 6.45) is 12.2. The Morgan fingerprint density at radius 2 is 0.974 bits per heavy atom. The van der Waals surface area contributed by atoms with Gasteiger partial charge in [-0.2, -0.15) is 0 Å². The number of rotatable bonds is 12. The Morgan fingerprint density at radius 3 is 1.42 bits per heavy atom. The van der Waals surface area contributed by atoms with E-state index in [0.717, 1.165) is 33.7 Å². The first-order valence-electron chi connectivity index (χ1n) is 14.1. The third kappa shape index (κ3) is 5.77. The van der Waals surface area contributed by atoms with Crippen LogP contribution in [-0.4, -0.2) is 11.6 Å². The number of thiophene rings is 2. The molecule has 2 nitrogen and oxygen atoms in total. The molecule has 1 aliphatic rings. The SMILES string of the molecule is CCCCCCc1csc(-c2ccc3c(c2)C(=O)c2cc(-c4cc(CCCCCC)cs4)ccc2C3=O)c1. The quantitative estimate of drug-likeness (QED) is 0.148. The minimum absolute atomic E-state index is 0.0500. The molecule has 0 unspecified atom stereocenters. The highest BCUT2D eigenvalue weighted by Gasteiger charge is 2.30. The molecule has 2 heterocycles. The van der Waals surface area contributed by atoms with E-state index in [4.69, 9.17) is 0 Å². The van der Waals surface area contributed by atoms with Gasteiger partial charge >= 0.3 is 0 Å². The van der Waals surface area contributed by atoms with Gasteiger partial charge in [0.15, 0.2) is 11.6 Å². The smallest absolute Gasteiger partial charge is 0.194 e. The third-order valence-corrected chi connectivity index (χ3v) is 9.59. The fourth-order valence-corrected chi connectivity index (χ4v) is 7.18. The third-order valence-electron chi connectivity index (χ3n) is 7.53. The van der Waals surface area contributed by atoms with Crippen molar-refractivity contribution in [3.05, 3.63) is 92.7 Å². The van der Waals surface area contributed by atoms with Crippen molar-refractivity contribution in [2.24, 2.45) is 0 Å². The largest absolute Gasteiger partial charge is 0.289 e. The second kappa shape index (κ2) is 12.4. The van der Waals surface area contributed by atoms with Crippen molar-refractivity contribution >= 4 is 34.2 Å². The van der Waals surface area contributed by atoms with E-state index in [0.29, 0.717) is 22.3 Å². The minimum atomic E-state index is -0.0571. The number of fused-ring (bicyclic) bond motifs is 2. The molecule has 2 aromatic carbocycles. The Bertz CT molecular complexity index is 1330. The van der Waals surface area contributed by atoms with Crippen LogP contribution in [-0.2, 0) is 12.8 Å². The molecule has 0 saturated heterocycles. The maximum atomic E-state index is 13.7. The van der Waals surface area contributed by atoms with Crippen molar-refractivity contribution in [1.82, 2.24) is 0 Å². The average Bonchev–Trinajstić information content (AvgIpc) is 3.62. The monoisotopic (exact) mass is 540 g/mol. The molecule has 0 bridgehead atoms. The molecule has 4 heteroatoms. The molecule has 1 aliphatic carbocycles. The molecule has 0 aliphatic heterocycles. The molecule has 5 rings (SSSR count). The maximum Gasteiger partial charge on any atom is 0.194 e. The summed E-state index contributed by atoms with van der Waals surface area (Å²) in [6.45, 7) is 4.47. The number of carbonyl (C=O) groups is 2. The van der Waals surface area contributed by atoms with Crippen LogP contribution in [0.1, 0.15) is 108 Å². The van der Waals surface area contributed by atoms with Gasteiger partial charge in [0, 0.05) is 32.0 Å². The van der Waals surface area contributed by atoms with Crippen LogP contribution in [0.2, 0.25) is 0 Å². The second-order valence-electron chi connectivity index (χ2n) is 10.4. The summed E-state index contributed by atoms with van der Waals surface area (Å²) in [4.78, 5) is 29.4. The number of carbonyl (C=O) groups excluding carboxylic acids is 2. The standard InChI is InChI=1S/C34H36O2S2/c1-3-5-7-9-11-23-17-31(37-21-23)25-13-15-27-29(19-25)34(36)30-20-26(14-16-28(30)33(27)35)32-18-24(22-38-32)12-10-8-6-4-2/h13-22H,3-12H2,1-2H3. The zero-order valence-corrected chi connectivity index (χ0v) is 24.1. The first kappa shape index (κ1) is 26.8. The van der Waals surface area contributed by atoms with Gasteiger partial charge in [-0.1, -0.05) is 64.5 Å². The Hall–Kier alpha value is -2.82. The molecule has 196 valence electrons. The molecule has 0 spiro atoms. The molecule has 0 fully saturated rings.